The van der Waals surface area contributed by atoms with Gasteiger partial charge in [-0.3, -0.25) is 4.79 Å². The molecule has 19 heavy (non-hydrogen) atoms. The molecule has 0 aliphatic heterocycles. The fourth-order valence-electron chi connectivity index (χ4n) is 1.79. The van der Waals surface area contributed by atoms with Gasteiger partial charge in [0, 0.05) is 13.6 Å². The van der Waals surface area contributed by atoms with E-state index in [2.05, 4.69) is 20.8 Å². The average Bonchev–Trinajstić information content (AvgIpc) is 2.34. The van der Waals surface area contributed by atoms with Crippen molar-refractivity contribution in [2.45, 2.75) is 20.8 Å². The van der Waals surface area contributed by atoms with Gasteiger partial charge >= 0.3 is 0 Å². The van der Waals surface area contributed by atoms with Gasteiger partial charge in [0.2, 0.25) is 0 Å². The van der Waals surface area contributed by atoms with Crippen LogP contribution in [0.3, 0.4) is 0 Å². The first kappa shape index (κ1) is 15.3. The van der Waals surface area contributed by atoms with Crippen molar-refractivity contribution < 1.29 is 14.3 Å². The number of para-hydroxylation sites is 2. The molecule has 1 aromatic rings. The molecule has 4 nitrogen and oxygen atoms in total. The van der Waals surface area contributed by atoms with E-state index >= 15 is 0 Å². The number of ether oxygens (including phenoxy) is 2. The predicted molar refractivity (Wildman–Crippen MR) is 75.6 cm³/mol. The standard InChI is InChI=1S/C15H23NO3/c1-15(2,3)11-16(4)14(17)10-19-13-9-7-6-8-12(13)18-5/h6-9H,10-11H2,1-5H3. The molecule has 1 aromatic carbocycles. The summed E-state index contributed by atoms with van der Waals surface area (Å²) in [5.74, 6) is 1.18. The van der Waals surface area contributed by atoms with Gasteiger partial charge in [0.05, 0.1) is 7.11 Å². The molecule has 0 aromatic heterocycles. The molecule has 0 saturated heterocycles. The van der Waals surface area contributed by atoms with Crippen LogP contribution in [-0.2, 0) is 4.79 Å². The van der Waals surface area contributed by atoms with Crippen LogP contribution < -0.4 is 9.47 Å². The zero-order valence-corrected chi connectivity index (χ0v) is 12.4. The first-order valence-electron chi connectivity index (χ1n) is 6.33. The van der Waals surface area contributed by atoms with Crippen LogP contribution in [0.4, 0.5) is 0 Å². The van der Waals surface area contributed by atoms with Gasteiger partial charge in [0.15, 0.2) is 18.1 Å². The third kappa shape index (κ3) is 5.20. The monoisotopic (exact) mass is 265 g/mol. The largest absolute Gasteiger partial charge is 0.493 e. The van der Waals surface area contributed by atoms with Gasteiger partial charge in [-0.2, -0.15) is 0 Å². The number of likely N-dealkylation sites (N-methyl/N-ethyl adjacent to an activating group) is 1. The van der Waals surface area contributed by atoms with Crippen LogP contribution >= 0.6 is 0 Å². The van der Waals surface area contributed by atoms with E-state index in [1.54, 1.807) is 31.2 Å². The Labute approximate surface area is 115 Å². The third-order valence-electron chi connectivity index (χ3n) is 2.56. The maximum absolute atomic E-state index is 12.0. The number of hydrogen-bond acceptors (Lipinski definition) is 3. The summed E-state index contributed by atoms with van der Waals surface area (Å²) in [5.41, 5.74) is 0.0782. The fraction of sp³-hybridized carbons (Fsp3) is 0.533. The predicted octanol–water partition coefficient (Wildman–Crippen LogP) is 2.58. The normalized spacial score (nSPS) is 11.0. The smallest absolute Gasteiger partial charge is 0.260 e. The quantitative estimate of drug-likeness (QED) is 0.821. The van der Waals surface area contributed by atoms with E-state index < -0.39 is 0 Å². The van der Waals surface area contributed by atoms with Crippen molar-refractivity contribution in [3.05, 3.63) is 24.3 Å². The maximum atomic E-state index is 12.0. The molecular formula is C15H23NO3. The molecule has 0 spiro atoms. The molecule has 0 bridgehead atoms. The summed E-state index contributed by atoms with van der Waals surface area (Å²) in [6.45, 7) is 7.00. The van der Waals surface area contributed by atoms with Crippen molar-refractivity contribution in [2.24, 2.45) is 5.41 Å². The van der Waals surface area contributed by atoms with Crippen molar-refractivity contribution in [1.29, 1.82) is 0 Å². The number of methoxy groups -OCH3 is 1. The van der Waals surface area contributed by atoms with Crippen LogP contribution in [0.2, 0.25) is 0 Å². The Morgan fingerprint density at radius 3 is 2.32 bits per heavy atom. The summed E-state index contributed by atoms with van der Waals surface area (Å²) in [6.07, 6.45) is 0. The maximum Gasteiger partial charge on any atom is 0.260 e. The Morgan fingerprint density at radius 1 is 1.21 bits per heavy atom. The zero-order chi connectivity index (χ0) is 14.5. The lowest BCUT2D eigenvalue weighted by Gasteiger charge is -2.26. The van der Waals surface area contributed by atoms with Crippen molar-refractivity contribution in [3.63, 3.8) is 0 Å². The Bertz CT molecular complexity index is 424. The number of nitrogens with zero attached hydrogens (tertiary/aromatic N) is 1. The molecule has 0 N–H and O–H groups in total. The van der Waals surface area contributed by atoms with Gasteiger partial charge in [-0.1, -0.05) is 32.9 Å². The highest BCUT2D eigenvalue weighted by molar-refractivity contribution is 5.77. The van der Waals surface area contributed by atoms with E-state index in [9.17, 15) is 4.79 Å². The molecule has 1 rings (SSSR count). The van der Waals surface area contributed by atoms with Crippen LogP contribution in [0, 0.1) is 5.41 Å². The van der Waals surface area contributed by atoms with E-state index in [1.165, 1.54) is 0 Å². The Hall–Kier alpha value is -1.71. The first-order chi connectivity index (χ1) is 8.83. The van der Waals surface area contributed by atoms with Gasteiger partial charge in [-0.05, 0) is 17.5 Å². The molecule has 0 atom stereocenters. The molecular weight excluding hydrogens is 242 g/mol. The molecule has 0 fully saturated rings. The lowest BCUT2D eigenvalue weighted by molar-refractivity contribution is -0.133. The highest BCUT2D eigenvalue weighted by atomic mass is 16.5. The number of hydrogen-bond donors (Lipinski definition) is 0. The second-order valence-corrected chi connectivity index (χ2v) is 5.75. The SMILES string of the molecule is COc1ccccc1OCC(=O)N(C)CC(C)(C)C. The second-order valence-electron chi connectivity index (χ2n) is 5.75. The van der Waals surface area contributed by atoms with E-state index in [1.807, 2.05) is 12.1 Å². The molecule has 0 aliphatic carbocycles. The molecule has 0 saturated carbocycles. The van der Waals surface area contributed by atoms with Gasteiger partial charge in [-0.15, -0.1) is 0 Å². The minimum absolute atomic E-state index is 0.0208. The number of carbonyl (C=O) groups excluding carboxylic acids is 1. The lowest BCUT2D eigenvalue weighted by atomic mass is 9.96. The van der Waals surface area contributed by atoms with Crippen LogP contribution in [0.25, 0.3) is 0 Å². The van der Waals surface area contributed by atoms with Gasteiger partial charge in [0.1, 0.15) is 0 Å². The van der Waals surface area contributed by atoms with Crippen LogP contribution in [0.5, 0.6) is 11.5 Å². The van der Waals surface area contributed by atoms with Gasteiger partial charge in [0.25, 0.3) is 5.91 Å². The Kier molecular flexibility index (Phi) is 5.21. The van der Waals surface area contributed by atoms with Crippen LogP contribution in [0.15, 0.2) is 24.3 Å². The summed E-state index contributed by atoms with van der Waals surface area (Å²) >= 11 is 0. The first-order valence-corrected chi connectivity index (χ1v) is 6.33. The highest BCUT2D eigenvalue weighted by Gasteiger charge is 2.18. The van der Waals surface area contributed by atoms with Crippen LogP contribution in [-0.4, -0.2) is 38.1 Å². The minimum Gasteiger partial charge on any atom is -0.493 e. The molecule has 0 radical (unpaired) electrons. The van der Waals surface area contributed by atoms with Crippen molar-refractivity contribution in [1.82, 2.24) is 4.90 Å². The number of rotatable bonds is 5. The second kappa shape index (κ2) is 6.45. The number of carbonyl (C=O) groups is 1. The summed E-state index contributed by atoms with van der Waals surface area (Å²) in [5, 5.41) is 0. The van der Waals surface area contributed by atoms with E-state index in [-0.39, 0.29) is 17.9 Å². The lowest BCUT2D eigenvalue weighted by Crippen LogP contribution is -2.37. The van der Waals surface area contributed by atoms with Crippen molar-refractivity contribution in [3.8, 4) is 11.5 Å². The van der Waals surface area contributed by atoms with E-state index in [0.717, 1.165) is 0 Å². The van der Waals surface area contributed by atoms with Crippen molar-refractivity contribution in [2.75, 3.05) is 27.3 Å². The molecule has 0 aliphatic rings. The topological polar surface area (TPSA) is 38.8 Å². The Balaban J connectivity index is 2.54. The molecule has 0 heterocycles. The number of benzene rings is 1. The third-order valence-corrected chi connectivity index (χ3v) is 2.56. The van der Waals surface area contributed by atoms with E-state index in [0.29, 0.717) is 18.0 Å². The average molecular weight is 265 g/mol. The van der Waals surface area contributed by atoms with Crippen LogP contribution in [0.1, 0.15) is 20.8 Å². The minimum atomic E-state index is -0.0409. The molecule has 4 heteroatoms. The molecule has 0 unspecified atom stereocenters. The summed E-state index contributed by atoms with van der Waals surface area (Å²) in [6, 6.07) is 7.30. The highest BCUT2D eigenvalue weighted by Crippen LogP contribution is 2.25. The summed E-state index contributed by atoms with van der Waals surface area (Å²) < 4.78 is 10.7. The van der Waals surface area contributed by atoms with Gasteiger partial charge in [-0.25, -0.2) is 0 Å². The Morgan fingerprint density at radius 2 is 1.79 bits per heavy atom. The fourth-order valence-corrected chi connectivity index (χ4v) is 1.79. The van der Waals surface area contributed by atoms with Gasteiger partial charge < -0.3 is 14.4 Å². The van der Waals surface area contributed by atoms with E-state index in [4.69, 9.17) is 9.47 Å². The van der Waals surface area contributed by atoms with Crippen molar-refractivity contribution >= 4 is 5.91 Å². The molecule has 1 amide bonds. The summed E-state index contributed by atoms with van der Waals surface area (Å²) in [4.78, 5) is 13.6. The zero-order valence-electron chi connectivity index (χ0n) is 12.4. The molecule has 106 valence electrons. The summed E-state index contributed by atoms with van der Waals surface area (Å²) in [7, 11) is 3.37. The number of amides is 1.